The van der Waals surface area contributed by atoms with E-state index < -0.39 is 0 Å². The van der Waals surface area contributed by atoms with Crippen LogP contribution in [0.3, 0.4) is 0 Å². The van der Waals surface area contributed by atoms with Crippen LogP contribution >= 0.6 is 0 Å². The van der Waals surface area contributed by atoms with E-state index in [2.05, 4.69) is 4.90 Å². The van der Waals surface area contributed by atoms with Gasteiger partial charge in [0.25, 0.3) is 0 Å². The summed E-state index contributed by atoms with van der Waals surface area (Å²) in [4.78, 5) is 14.3. The number of ether oxygens (including phenoxy) is 4. The number of hydrogen-bond donors (Lipinski definition) is 0. The smallest absolute Gasteiger partial charge is 0.336 e. The Morgan fingerprint density at radius 3 is 2.48 bits per heavy atom. The van der Waals surface area contributed by atoms with E-state index >= 15 is 0 Å². The second-order valence-electron chi connectivity index (χ2n) is 6.68. The predicted molar refractivity (Wildman–Crippen MR) is 87.8 cm³/mol. The lowest BCUT2D eigenvalue weighted by Gasteiger charge is -2.37. The van der Waals surface area contributed by atoms with Gasteiger partial charge in [-0.1, -0.05) is 0 Å². The first-order valence-electron chi connectivity index (χ1n) is 8.57. The highest BCUT2D eigenvalue weighted by molar-refractivity contribution is 5.84. The molecule has 1 aromatic heterocycles. The van der Waals surface area contributed by atoms with Crippen LogP contribution in [0.25, 0.3) is 11.0 Å². The van der Waals surface area contributed by atoms with Crippen LogP contribution in [-0.2, 0) is 16.0 Å². The van der Waals surface area contributed by atoms with Crippen molar-refractivity contribution in [3.05, 3.63) is 34.2 Å². The Morgan fingerprint density at radius 1 is 1.00 bits per heavy atom. The van der Waals surface area contributed by atoms with Crippen molar-refractivity contribution in [2.75, 3.05) is 33.1 Å². The molecule has 2 saturated heterocycles. The minimum absolute atomic E-state index is 0.194. The third-order valence-corrected chi connectivity index (χ3v) is 5.15. The highest BCUT2D eigenvalue weighted by atomic mass is 16.7. The average molecular weight is 345 g/mol. The van der Waals surface area contributed by atoms with Crippen LogP contribution in [0.4, 0.5) is 0 Å². The van der Waals surface area contributed by atoms with Crippen molar-refractivity contribution in [1.82, 2.24) is 4.90 Å². The monoisotopic (exact) mass is 345 g/mol. The molecular formula is C18H19NO6. The maximum Gasteiger partial charge on any atom is 0.336 e. The Morgan fingerprint density at radius 2 is 1.72 bits per heavy atom. The van der Waals surface area contributed by atoms with E-state index in [-0.39, 0.29) is 18.2 Å². The van der Waals surface area contributed by atoms with E-state index in [9.17, 15) is 4.79 Å². The Kier molecular flexibility index (Phi) is 3.48. The number of hydrogen-bond acceptors (Lipinski definition) is 7. The third-order valence-electron chi connectivity index (χ3n) is 5.15. The first-order chi connectivity index (χ1) is 12.2. The summed E-state index contributed by atoms with van der Waals surface area (Å²) in [7, 11) is 0. The average Bonchev–Trinajstić information content (AvgIpc) is 3.24. The van der Waals surface area contributed by atoms with E-state index in [0.29, 0.717) is 36.8 Å². The number of likely N-dealkylation sites (tertiary alicyclic amines) is 1. The fourth-order valence-electron chi connectivity index (χ4n) is 3.83. The van der Waals surface area contributed by atoms with Crippen LogP contribution in [0, 0.1) is 0 Å². The molecule has 3 aliphatic rings. The van der Waals surface area contributed by atoms with Crippen molar-refractivity contribution >= 4 is 11.0 Å². The van der Waals surface area contributed by atoms with Gasteiger partial charge in [-0.2, -0.15) is 0 Å². The van der Waals surface area contributed by atoms with Crippen molar-refractivity contribution in [2.45, 2.75) is 25.2 Å². The molecule has 0 saturated carbocycles. The van der Waals surface area contributed by atoms with E-state index in [1.165, 1.54) is 0 Å². The molecule has 0 atom stereocenters. The predicted octanol–water partition coefficient (Wildman–Crippen LogP) is 1.86. The number of benzene rings is 1. The molecule has 0 bridgehead atoms. The molecule has 0 N–H and O–H groups in total. The van der Waals surface area contributed by atoms with Gasteiger partial charge in [-0.3, -0.25) is 4.90 Å². The zero-order chi connectivity index (χ0) is 16.9. The molecule has 25 heavy (non-hydrogen) atoms. The molecule has 1 spiro atoms. The molecule has 0 amide bonds. The van der Waals surface area contributed by atoms with Crippen LogP contribution in [0.15, 0.2) is 27.4 Å². The molecule has 132 valence electrons. The third kappa shape index (κ3) is 2.68. The summed E-state index contributed by atoms with van der Waals surface area (Å²) in [5.74, 6) is 0.913. The van der Waals surface area contributed by atoms with E-state index in [1.807, 2.05) is 6.07 Å². The minimum Gasteiger partial charge on any atom is -0.454 e. The lowest BCUT2D eigenvalue weighted by molar-refractivity contribution is -0.185. The standard InChI is InChI=1S/C18H19NO6/c20-17-7-12(10-19-3-1-18(2-4-19)23-5-6-24-18)13-8-15-16(22-11-21-15)9-14(13)25-17/h7-9H,1-6,10-11H2. The highest BCUT2D eigenvalue weighted by Crippen LogP contribution is 2.37. The fraction of sp³-hybridized carbons (Fsp3) is 0.500. The van der Waals surface area contributed by atoms with Crippen LogP contribution in [0.2, 0.25) is 0 Å². The quantitative estimate of drug-likeness (QED) is 0.770. The van der Waals surface area contributed by atoms with E-state index in [4.69, 9.17) is 23.4 Å². The van der Waals surface area contributed by atoms with Gasteiger partial charge in [0, 0.05) is 50.0 Å². The van der Waals surface area contributed by atoms with Gasteiger partial charge in [0.05, 0.1) is 13.2 Å². The lowest BCUT2D eigenvalue weighted by Crippen LogP contribution is -2.44. The van der Waals surface area contributed by atoms with Crippen molar-refractivity contribution in [1.29, 1.82) is 0 Å². The molecule has 3 aliphatic heterocycles. The molecular weight excluding hydrogens is 326 g/mol. The molecule has 7 heteroatoms. The second-order valence-corrected chi connectivity index (χ2v) is 6.68. The molecule has 2 aromatic rings. The SMILES string of the molecule is O=c1cc(CN2CCC3(CC2)OCCO3)c2cc3c(cc2o1)OCO3. The Balaban J connectivity index is 1.42. The summed E-state index contributed by atoms with van der Waals surface area (Å²) < 4.78 is 27.7. The molecule has 2 fully saturated rings. The number of piperidine rings is 1. The molecule has 0 radical (unpaired) electrons. The van der Waals surface area contributed by atoms with Gasteiger partial charge in [0.15, 0.2) is 17.3 Å². The van der Waals surface area contributed by atoms with Gasteiger partial charge < -0.3 is 23.4 Å². The first kappa shape index (κ1) is 15.2. The fourth-order valence-corrected chi connectivity index (χ4v) is 3.83. The molecule has 0 aliphatic carbocycles. The lowest BCUT2D eigenvalue weighted by atomic mass is 10.0. The number of rotatable bonds is 2. The maximum absolute atomic E-state index is 12.0. The van der Waals surface area contributed by atoms with Crippen LogP contribution in [-0.4, -0.2) is 43.8 Å². The van der Waals surface area contributed by atoms with Gasteiger partial charge in [-0.25, -0.2) is 4.79 Å². The second kappa shape index (κ2) is 5.72. The van der Waals surface area contributed by atoms with Crippen molar-refractivity contribution in [2.24, 2.45) is 0 Å². The Hall–Kier alpha value is -2.09. The summed E-state index contributed by atoms with van der Waals surface area (Å²) in [5, 5.41) is 0.887. The Labute approximate surface area is 144 Å². The van der Waals surface area contributed by atoms with Crippen molar-refractivity contribution < 1.29 is 23.4 Å². The first-order valence-corrected chi connectivity index (χ1v) is 8.57. The summed E-state index contributed by atoms with van der Waals surface area (Å²) >= 11 is 0. The number of fused-ring (bicyclic) bond motifs is 2. The minimum atomic E-state index is -0.389. The topological polar surface area (TPSA) is 70.4 Å². The van der Waals surface area contributed by atoms with Crippen molar-refractivity contribution in [3.63, 3.8) is 0 Å². The summed E-state index contributed by atoms with van der Waals surface area (Å²) in [6.07, 6.45) is 1.69. The van der Waals surface area contributed by atoms with E-state index in [1.54, 1.807) is 12.1 Å². The largest absolute Gasteiger partial charge is 0.454 e. The van der Waals surface area contributed by atoms with Gasteiger partial charge in [0.2, 0.25) is 6.79 Å². The van der Waals surface area contributed by atoms with Crippen molar-refractivity contribution in [3.8, 4) is 11.5 Å². The highest BCUT2D eigenvalue weighted by Gasteiger charge is 2.39. The maximum atomic E-state index is 12.0. The summed E-state index contributed by atoms with van der Waals surface area (Å²) in [5.41, 5.74) is 1.12. The molecule has 7 nitrogen and oxygen atoms in total. The molecule has 5 rings (SSSR count). The zero-order valence-electron chi connectivity index (χ0n) is 13.8. The molecule has 0 unspecified atom stereocenters. The normalized spacial score (nSPS) is 22.1. The van der Waals surface area contributed by atoms with Gasteiger partial charge in [-0.05, 0) is 11.6 Å². The van der Waals surface area contributed by atoms with Crippen LogP contribution < -0.4 is 15.1 Å². The molecule has 4 heterocycles. The van der Waals surface area contributed by atoms with Gasteiger partial charge in [-0.15, -0.1) is 0 Å². The summed E-state index contributed by atoms with van der Waals surface area (Å²) in [6.45, 7) is 3.96. The Bertz CT molecular complexity index is 860. The van der Waals surface area contributed by atoms with Crippen LogP contribution in [0.5, 0.6) is 11.5 Å². The number of nitrogens with zero attached hydrogens (tertiary/aromatic N) is 1. The zero-order valence-corrected chi connectivity index (χ0v) is 13.8. The van der Waals surface area contributed by atoms with Gasteiger partial charge in [0.1, 0.15) is 5.58 Å². The van der Waals surface area contributed by atoms with Crippen LogP contribution in [0.1, 0.15) is 18.4 Å². The van der Waals surface area contributed by atoms with E-state index in [0.717, 1.165) is 36.9 Å². The van der Waals surface area contributed by atoms with Gasteiger partial charge >= 0.3 is 5.63 Å². The summed E-state index contributed by atoms with van der Waals surface area (Å²) in [6, 6.07) is 5.19. The molecule has 1 aromatic carbocycles.